The molecule has 0 saturated heterocycles. The lowest BCUT2D eigenvalue weighted by atomic mass is 10.1. The van der Waals surface area contributed by atoms with Crippen molar-refractivity contribution in [2.45, 2.75) is 17.3 Å². The number of hydrogen-bond acceptors (Lipinski definition) is 7. The molecule has 2 aromatic carbocycles. The van der Waals surface area contributed by atoms with Crippen LogP contribution in [0.4, 0.5) is 0 Å². The predicted molar refractivity (Wildman–Crippen MR) is 144 cm³/mol. The van der Waals surface area contributed by atoms with E-state index in [0.717, 1.165) is 22.7 Å². The van der Waals surface area contributed by atoms with E-state index in [1.165, 1.54) is 28.7 Å². The third kappa shape index (κ3) is 5.64. The SMILES string of the molecule is O=C(NCCc1ccccc1)c1csc(CSc2nnc(-c3ccncc3)n2-c2ccccc2Cl)n1. The number of thiazole rings is 1. The smallest absolute Gasteiger partial charge is 0.270 e. The third-order valence-electron chi connectivity index (χ3n) is 5.32. The van der Waals surface area contributed by atoms with Gasteiger partial charge in [0.2, 0.25) is 0 Å². The topological polar surface area (TPSA) is 85.6 Å². The number of aromatic nitrogens is 5. The Labute approximate surface area is 221 Å². The number of benzene rings is 2. The van der Waals surface area contributed by atoms with Crippen molar-refractivity contribution < 1.29 is 4.79 Å². The minimum Gasteiger partial charge on any atom is -0.350 e. The van der Waals surface area contributed by atoms with Crippen molar-refractivity contribution in [3.63, 3.8) is 0 Å². The number of nitrogens with one attached hydrogen (secondary N) is 1. The molecule has 180 valence electrons. The maximum absolute atomic E-state index is 12.5. The van der Waals surface area contributed by atoms with Crippen molar-refractivity contribution in [3.8, 4) is 17.1 Å². The molecule has 0 radical (unpaired) electrons. The Kier molecular flexibility index (Phi) is 7.70. The second-order valence-corrected chi connectivity index (χ2v) is 10.0. The molecule has 0 saturated carbocycles. The van der Waals surface area contributed by atoms with E-state index in [1.807, 2.05) is 71.3 Å². The highest BCUT2D eigenvalue weighted by Crippen LogP contribution is 2.32. The van der Waals surface area contributed by atoms with Crippen LogP contribution >= 0.6 is 34.7 Å². The highest BCUT2D eigenvalue weighted by atomic mass is 35.5. The van der Waals surface area contributed by atoms with E-state index in [1.54, 1.807) is 17.8 Å². The number of pyridine rings is 1. The lowest BCUT2D eigenvalue weighted by molar-refractivity contribution is 0.0949. The van der Waals surface area contributed by atoms with Crippen LogP contribution in [0, 0.1) is 0 Å². The largest absolute Gasteiger partial charge is 0.350 e. The summed E-state index contributed by atoms with van der Waals surface area (Å²) >= 11 is 9.47. The van der Waals surface area contributed by atoms with Crippen LogP contribution in [-0.4, -0.2) is 37.2 Å². The first-order chi connectivity index (χ1) is 17.7. The van der Waals surface area contributed by atoms with Crippen LogP contribution in [0.15, 0.2) is 89.7 Å². The number of amides is 1. The number of hydrogen-bond donors (Lipinski definition) is 1. The second-order valence-electron chi connectivity index (χ2n) is 7.74. The molecule has 1 amide bonds. The fraction of sp³-hybridized carbons (Fsp3) is 0.115. The molecule has 0 spiro atoms. The predicted octanol–water partition coefficient (Wildman–Crippen LogP) is 5.70. The van der Waals surface area contributed by atoms with Gasteiger partial charge in [-0.1, -0.05) is 65.8 Å². The number of carbonyl (C=O) groups excluding carboxylic acids is 1. The summed E-state index contributed by atoms with van der Waals surface area (Å²) in [5.74, 6) is 1.05. The molecule has 3 aromatic heterocycles. The zero-order valence-electron chi connectivity index (χ0n) is 19.0. The van der Waals surface area contributed by atoms with E-state index in [0.29, 0.717) is 34.0 Å². The molecule has 5 aromatic rings. The summed E-state index contributed by atoms with van der Waals surface area (Å²) in [6, 6.07) is 21.4. The molecule has 1 N–H and O–H groups in total. The van der Waals surface area contributed by atoms with E-state index in [-0.39, 0.29) is 5.91 Å². The highest BCUT2D eigenvalue weighted by molar-refractivity contribution is 7.98. The van der Waals surface area contributed by atoms with Crippen molar-refractivity contribution in [3.05, 3.63) is 106 Å². The van der Waals surface area contributed by atoms with Crippen LogP contribution in [0.25, 0.3) is 17.1 Å². The van der Waals surface area contributed by atoms with Crippen LogP contribution in [0.2, 0.25) is 5.02 Å². The van der Waals surface area contributed by atoms with Gasteiger partial charge in [-0.2, -0.15) is 0 Å². The van der Waals surface area contributed by atoms with Gasteiger partial charge in [0.05, 0.1) is 16.5 Å². The number of thioether (sulfide) groups is 1. The molecule has 10 heteroatoms. The zero-order valence-corrected chi connectivity index (χ0v) is 21.4. The third-order valence-corrected chi connectivity index (χ3v) is 7.61. The molecule has 0 unspecified atom stereocenters. The van der Waals surface area contributed by atoms with Gasteiger partial charge >= 0.3 is 0 Å². The van der Waals surface area contributed by atoms with Crippen molar-refractivity contribution >= 4 is 40.6 Å². The zero-order chi connectivity index (χ0) is 24.7. The maximum atomic E-state index is 12.5. The molecule has 0 aliphatic rings. The molecule has 3 heterocycles. The van der Waals surface area contributed by atoms with E-state index in [4.69, 9.17) is 11.6 Å². The van der Waals surface area contributed by atoms with Crippen molar-refractivity contribution in [1.82, 2.24) is 30.0 Å². The number of carbonyl (C=O) groups is 1. The van der Waals surface area contributed by atoms with Gasteiger partial charge in [-0.3, -0.25) is 14.3 Å². The standard InChI is InChI=1S/C26H21ClN6OS2/c27-20-8-4-5-9-22(20)33-24(19-11-13-28-14-12-19)31-32-26(33)36-17-23-30-21(16-35-23)25(34)29-15-10-18-6-2-1-3-7-18/h1-9,11-14,16H,10,15,17H2,(H,29,34). The average molecular weight is 533 g/mol. The summed E-state index contributed by atoms with van der Waals surface area (Å²) < 4.78 is 1.94. The van der Waals surface area contributed by atoms with Crippen molar-refractivity contribution in [1.29, 1.82) is 0 Å². The average Bonchev–Trinajstić information content (AvgIpc) is 3.56. The van der Waals surface area contributed by atoms with Crippen LogP contribution in [0.3, 0.4) is 0 Å². The van der Waals surface area contributed by atoms with E-state index in [2.05, 4.69) is 25.5 Å². The summed E-state index contributed by atoms with van der Waals surface area (Å²) in [7, 11) is 0. The van der Waals surface area contributed by atoms with Gasteiger partial charge in [0.1, 0.15) is 10.7 Å². The van der Waals surface area contributed by atoms with Crippen LogP contribution in [-0.2, 0) is 12.2 Å². The molecule has 0 aliphatic heterocycles. The molecule has 0 atom stereocenters. The molecule has 7 nitrogen and oxygen atoms in total. The van der Waals surface area contributed by atoms with Crippen LogP contribution in [0.1, 0.15) is 21.1 Å². The van der Waals surface area contributed by atoms with Gasteiger partial charge in [-0.05, 0) is 36.2 Å². The Morgan fingerprint density at radius 1 is 1.00 bits per heavy atom. The van der Waals surface area contributed by atoms with Gasteiger partial charge in [0.15, 0.2) is 11.0 Å². The minimum absolute atomic E-state index is 0.169. The molecular weight excluding hydrogens is 512 g/mol. The number of rotatable bonds is 9. The molecule has 5 rings (SSSR count). The lowest BCUT2D eigenvalue weighted by Gasteiger charge is -2.11. The van der Waals surface area contributed by atoms with Crippen molar-refractivity contribution in [2.75, 3.05) is 6.54 Å². The Morgan fingerprint density at radius 3 is 2.58 bits per heavy atom. The molecular formula is C26H21ClN6OS2. The quantitative estimate of drug-likeness (QED) is 0.245. The Balaban J connectivity index is 1.29. The summed E-state index contributed by atoms with van der Waals surface area (Å²) in [6.07, 6.45) is 4.21. The number of halogens is 1. The van der Waals surface area contributed by atoms with E-state index < -0.39 is 0 Å². The minimum atomic E-state index is -0.169. The van der Waals surface area contributed by atoms with Gasteiger partial charge in [0.25, 0.3) is 5.91 Å². The molecule has 0 aliphatic carbocycles. The van der Waals surface area contributed by atoms with Crippen molar-refractivity contribution in [2.24, 2.45) is 0 Å². The van der Waals surface area contributed by atoms with E-state index >= 15 is 0 Å². The first kappa shape index (κ1) is 24.2. The fourth-order valence-electron chi connectivity index (χ4n) is 3.56. The Bertz CT molecular complexity index is 1460. The van der Waals surface area contributed by atoms with E-state index in [9.17, 15) is 4.79 Å². The summed E-state index contributed by atoms with van der Waals surface area (Å²) in [4.78, 5) is 21.2. The van der Waals surface area contributed by atoms with Gasteiger partial charge in [-0.15, -0.1) is 21.5 Å². The fourth-order valence-corrected chi connectivity index (χ4v) is 5.52. The summed E-state index contributed by atoms with van der Waals surface area (Å²) in [5, 5.41) is 15.7. The first-order valence-corrected chi connectivity index (χ1v) is 13.4. The highest BCUT2D eigenvalue weighted by Gasteiger charge is 2.19. The summed E-state index contributed by atoms with van der Waals surface area (Å²) in [5.41, 5.74) is 3.28. The number of para-hydroxylation sites is 1. The first-order valence-electron chi connectivity index (χ1n) is 11.2. The molecule has 0 bridgehead atoms. The number of nitrogens with zero attached hydrogens (tertiary/aromatic N) is 5. The van der Waals surface area contributed by atoms with Gasteiger partial charge in [-0.25, -0.2) is 4.98 Å². The normalized spacial score (nSPS) is 10.9. The van der Waals surface area contributed by atoms with Crippen LogP contribution in [0.5, 0.6) is 0 Å². The van der Waals surface area contributed by atoms with Gasteiger partial charge < -0.3 is 5.32 Å². The van der Waals surface area contributed by atoms with Gasteiger partial charge in [0, 0.05) is 29.9 Å². The monoisotopic (exact) mass is 532 g/mol. The molecule has 36 heavy (non-hydrogen) atoms. The Hall–Kier alpha value is -3.53. The lowest BCUT2D eigenvalue weighted by Crippen LogP contribution is -2.26. The van der Waals surface area contributed by atoms with Crippen LogP contribution < -0.4 is 5.32 Å². The molecule has 0 fully saturated rings. The second kappa shape index (κ2) is 11.5. The summed E-state index contributed by atoms with van der Waals surface area (Å²) in [6.45, 7) is 0.559. The Morgan fingerprint density at radius 2 is 1.78 bits per heavy atom. The maximum Gasteiger partial charge on any atom is 0.270 e.